The molecule has 1 rings (SSSR count). The standard InChI is InChI=1S/C16H27N5O2/c1-12(17)19-9-4-10-20-15(11-23-3)13-5-7-14(8-6-13)21(2)16(18)22/h5-8,15,20H,4,9-11H2,1-3H3,(H2,17,19)(H2,18,22). The average molecular weight is 321 g/mol. The van der Waals surface area contributed by atoms with Crippen LogP contribution in [-0.4, -0.2) is 45.7 Å². The fourth-order valence-electron chi connectivity index (χ4n) is 2.11. The topological polar surface area (TPSA) is 106 Å². The molecular weight excluding hydrogens is 294 g/mol. The van der Waals surface area contributed by atoms with Gasteiger partial charge in [-0.1, -0.05) is 12.1 Å². The molecule has 0 spiro atoms. The minimum absolute atomic E-state index is 0.0795. The zero-order valence-electron chi connectivity index (χ0n) is 14.1. The van der Waals surface area contributed by atoms with Crippen LogP contribution in [0.5, 0.6) is 0 Å². The van der Waals surface area contributed by atoms with Crippen molar-refractivity contribution in [3.8, 4) is 0 Å². The molecule has 128 valence electrons. The van der Waals surface area contributed by atoms with Crippen LogP contribution in [0.1, 0.15) is 24.9 Å². The number of hydrogen-bond acceptors (Lipinski definition) is 4. The molecule has 7 nitrogen and oxygen atoms in total. The smallest absolute Gasteiger partial charge is 0.318 e. The van der Waals surface area contributed by atoms with Crippen molar-refractivity contribution in [2.24, 2.45) is 16.5 Å². The third-order valence-electron chi connectivity index (χ3n) is 3.43. The molecule has 0 saturated carbocycles. The lowest BCUT2D eigenvalue weighted by molar-refractivity contribution is 0.167. The number of carbonyl (C=O) groups excluding carboxylic acids is 1. The first-order valence-electron chi connectivity index (χ1n) is 7.57. The van der Waals surface area contributed by atoms with E-state index in [9.17, 15) is 4.79 Å². The molecule has 0 aliphatic heterocycles. The van der Waals surface area contributed by atoms with Gasteiger partial charge >= 0.3 is 6.03 Å². The van der Waals surface area contributed by atoms with Gasteiger partial charge in [-0.15, -0.1) is 0 Å². The van der Waals surface area contributed by atoms with E-state index in [2.05, 4.69) is 10.3 Å². The summed E-state index contributed by atoms with van der Waals surface area (Å²) in [7, 11) is 3.31. The number of hydrogen-bond donors (Lipinski definition) is 3. The van der Waals surface area contributed by atoms with Gasteiger partial charge in [-0.3, -0.25) is 9.89 Å². The Morgan fingerprint density at radius 2 is 2.00 bits per heavy atom. The van der Waals surface area contributed by atoms with Crippen molar-refractivity contribution in [1.82, 2.24) is 5.32 Å². The van der Waals surface area contributed by atoms with Gasteiger partial charge in [-0.05, 0) is 37.6 Å². The minimum atomic E-state index is -0.486. The van der Waals surface area contributed by atoms with E-state index < -0.39 is 6.03 Å². The number of nitrogens with two attached hydrogens (primary N) is 2. The first kappa shape index (κ1) is 18.9. The van der Waals surface area contributed by atoms with Crippen LogP contribution in [0, 0.1) is 0 Å². The summed E-state index contributed by atoms with van der Waals surface area (Å²) in [5.41, 5.74) is 12.6. The molecule has 23 heavy (non-hydrogen) atoms. The second kappa shape index (κ2) is 9.81. The van der Waals surface area contributed by atoms with Gasteiger partial charge in [0, 0.05) is 26.4 Å². The monoisotopic (exact) mass is 321 g/mol. The number of rotatable bonds is 9. The third kappa shape index (κ3) is 6.66. The predicted octanol–water partition coefficient (Wildman–Crippen LogP) is 1.25. The lowest BCUT2D eigenvalue weighted by Gasteiger charge is -2.20. The molecule has 1 aromatic rings. The van der Waals surface area contributed by atoms with E-state index in [-0.39, 0.29) is 6.04 Å². The predicted molar refractivity (Wildman–Crippen MR) is 93.8 cm³/mol. The van der Waals surface area contributed by atoms with Crippen molar-refractivity contribution < 1.29 is 9.53 Å². The number of amidine groups is 1. The fraction of sp³-hybridized carbons (Fsp3) is 0.500. The van der Waals surface area contributed by atoms with Crippen molar-refractivity contribution in [1.29, 1.82) is 0 Å². The maximum absolute atomic E-state index is 11.2. The quantitative estimate of drug-likeness (QED) is 0.361. The van der Waals surface area contributed by atoms with Gasteiger partial charge in [0.05, 0.1) is 18.5 Å². The van der Waals surface area contributed by atoms with E-state index in [0.717, 1.165) is 24.2 Å². The van der Waals surface area contributed by atoms with Gasteiger partial charge in [-0.2, -0.15) is 0 Å². The highest BCUT2D eigenvalue weighted by Gasteiger charge is 2.12. The van der Waals surface area contributed by atoms with E-state index >= 15 is 0 Å². The number of primary amides is 1. The van der Waals surface area contributed by atoms with Gasteiger partial charge in [0.25, 0.3) is 0 Å². The Balaban J connectivity index is 2.62. The zero-order valence-corrected chi connectivity index (χ0v) is 14.1. The molecule has 0 saturated heterocycles. The Hall–Kier alpha value is -2.12. The molecule has 0 bridgehead atoms. The molecule has 0 aromatic heterocycles. The number of benzene rings is 1. The van der Waals surface area contributed by atoms with Crippen molar-refractivity contribution >= 4 is 17.6 Å². The van der Waals surface area contributed by atoms with Crippen LogP contribution in [0.15, 0.2) is 29.3 Å². The van der Waals surface area contributed by atoms with Crippen LogP contribution in [-0.2, 0) is 4.74 Å². The van der Waals surface area contributed by atoms with E-state index in [1.54, 1.807) is 21.1 Å². The first-order chi connectivity index (χ1) is 11.0. The molecule has 0 heterocycles. The molecule has 0 aliphatic rings. The number of nitrogens with zero attached hydrogens (tertiary/aromatic N) is 2. The highest BCUT2D eigenvalue weighted by Crippen LogP contribution is 2.19. The largest absolute Gasteiger partial charge is 0.388 e. The van der Waals surface area contributed by atoms with Gasteiger partial charge in [0.2, 0.25) is 0 Å². The van der Waals surface area contributed by atoms with E-state index in [0.29, 0.717) is 19.0 Å². The second-order valence-corrected chi connectivity index (χ2v) is 5.33. The summed E-state index contributed by atoms with van der Waals surface area (Å²) >= 11 is 0. The molecule has 2 amide bonds. The van der Waals surface area contributed by atoms with E-state index in [1.807, 2.05) is 24.3 Å². The number of anilines is 1. The molecule has 1 atom stereocenters. The Labute approximate surface area is 137 Å². The van der Waals surface area contributed by atoms with Crippen LogP contribution >= 0.6 is 0 Å². The number of ether oxygens (including phenoxy) is 1. The number of nitrogens with one attached hydrogen (secondary N) is 1. The maximum Gasteiger partial charge on any atom is 0.318 e. The number of urea groups is 1. The number of amides is 2. The second-order valence-electron chi connectivity index (χ2n) is 5.33. The van der Waals surface area contributed by atoms with Crippen LogP contribution in [0.4, 0.5) is 10.5 Å². The summed E-state index contributed by atoms with van der Waals surface area (Å²) in [6, 6.07) is 7.26. The Bertz CT molecular complexity index is 512. The summed E-state index contributed by atoms with van der Waals surface area (Å²) < 4.78 is 5.27. The van der Waals surface area contributed by atoms with Gasteiger partial charge in [-0.25, -0.2) is 4.79 Å². The Morgan fingerprint density at radius 3 is 2.52 bits per heavy atom. The lowest BCUT2D eigenvalue weighted by atomic mass is 10.1. The Morgan fingerprint density at radius 1 is 1.35 bits per heavy atom. The zero-order chi connectivity index (χ0) is 17.2. The van der Waals surface area contributed by atoms with Crippen molar-refractivity contribution in [3.05, 3.63) is 29.8 Å². The highest BCUT2D eigenvalue weighted by atomic mass is 16.5. The van der Waals surface area contributed by atoms with Crippen molar-refractivity contribution in [2.75, 3.05) is 38.8 Å². The SMILES string of the molecule is COCC(NCCCN=C(C)N)c1ccc(N(C)C(N)=O)cc1. The molecule has 7 heteroatoms. The van der Waals surface area contributed by atoms with Crippen molar-refractivity contribution in [2.45, 2.75) is 19.4 Å². The van der Waals surface area contributed by atoms with E-state index in [1.165, 1.54) is 4.90 Å². The van der Waals surface area contributed by atoms with Gasteiger partial charge < -0.3 is 21.5 Å². The molecule has 0 fully saturated rings. The number of aliphatic imine (C=N–C) groups is 1. The molecule has 1 unspecified atom stereocenters. The molecular formula is C16H27N5O2. The third-order valence-corrected chi connectivity index (χ3v) is 3.43. The summed E-state index contributed by atoms with van der Waals surface area (Å²) in [5.74, 6) is 0.604. The molecule has 0 radical (unpaired) electrons. The van der Waals surface area contributed by atoms with Crippen LogP contribution in [0.2, 0.25) is 0 Å². The summed E-state index contributed by atoms with van der Waals surface area (Å²) in [4.78, 5) is 16.7. The first-order valence-corrected chi connectivity index (χ1v) is 7.57. The fourth-order valence-corrected chi connectivity index (χ4v) is 2.11. The Kier molecular flexibility index (Phi) is 8.07. The highest BCUT2D eigenvalue weighted by molar-refractivity contribution is 5.89. The normalized spacial score (nSPS) is 12.9. The van der Waals surface area contributed by atoms with Crippen LogP contribution in [0.3, 0.4) is 0 Å². The molecule has 5 N–H and O–H groups in total. The summed E-state index contributed by atoms with van der Waals surface area (Å²) in [6.45, 7) is 3.86. The van der Waals surface area contributed by atoms with E-state index in [4.69, 9.17) is 16.2 Å². The minimum Gasteiger partial charge on any atom is -0.388 e. The molecule has 1 aromatic carbocycles. The van der Waals surface area contributed by atoms with Crippen LogP contribution in [0.25, 0.3) is 0 Å². The van der Waals surface area contributed by atoms with Gasteiger partial charge in [0.1, 0.15) is 0 Å². The number of methoxy groups -OCH3 is 1. The number of carbonyl (C=O) groups is 1. The van der Waals surface area contributed by atoms with Gasteiger partial charge in [0.15, 0.2) is 0 Å². The lowest BCUT2D eigenvalue weighted by Crippen LogP contribution is -2.31. The molecule has 0 aliphatic carbocycles. The average Bonchev–Trinajstić information content (AvgIpc) is 2.52. The summed E-state index contributed by atoms with van der Waals surface area (Å²) in [6.07, 6.45) is 0.900. The maximum atomic E-state index is 11.2. The summed E-state index contributed by atoms with van der Waals surface area (Å²) in [5, 5.41) is 3.44. The van der Waals surface area contributed by atoms with Crippen molar-refractivity contribution in [3.63, 3.8) is 0 Å². The van der Waals surface area contributed by atoms with Crippen LogP contribution < -0.4 is 21.7 Å².